The maximum absolute atomic E-state index is 6.85. The fraction of sp³-hybridized carbons (Fsp3) is 0.0492. The van der Waals surface area contributed by atoms with Crippen LogP contribution in [0.25, 0.3) is 104 Å². The molecule has 3 heterocycles. The lowest BCUT2D eigenvalue weighted by atomic mass is 9.82. The number of rotatable bonds is 5. The van der Waals surface area contributed by atoms with E-state index in [0.29, 0.717) is 0 Å². The second kappa shape index (κ2) is 13.3. The summed E-state index contributed by atoms with van der Waals surface area (Å²) in [6.45, 7) is 4.69. The van der Waals surface area contributed by atoms with Gasteiger partial charge in [-0.1, -0.05) is 153 Å². The first-order valence-electron chi connectivity index (χ1n) is 22.4. The summed E-state index contributed by atoms with van der Waals surface area (Å²) in [4.78, 5) is 2.43. The fourth-order valence-corrected chi connectivity index (χ4v) is 11.2. The van der Waals surface area contributed by atoms with Crippen molar-refractivity contribution in [3.05, 3.63) is 217 Å². The minimum atomic E-state index is -0.176. The van der Waals surface area contributed by atoms with Crippen LogP contribution >= 0.6 is 0 Å². The van der Waals surface area contributed by atoms with Gasteiger partial charge in [-0.25, -0.2) is 0 Å². The third kappa shape index (κ3) is 5.08. The van der Waals surface area contributed by atoms with E-state index in [1.54, 1.807) is 0 Å². The molecule has 0 radical (unpaired) electrons. The molecule has 0 spiro atoms. The summed E-state index contributed by atoms with van der Waals surface area (Å²) < 4.78 is 16.1. The molecule has 10 aromatic carbocycles. The van der Waals surface area contributed by atoms with Crippen LogP contribution in [0.4, 0.5) is 17.1 Å². The molecular formula is C61H40N2O2. The van der Waals surface area contributed by atoms with Gasteiger partial charge in [0.15, 0.2) is 5.58 Å². The highest BCUT2D eigenvalue weighted by Gasteiger charge is 2.38. The van der Waals surface area contributed by atoms with E-state index in [0.717, 1.165) is 72.1 Å². The summed E-state index contributed by atoms with van der Waals surface area (Å²) in [5, 5.41) is 9.19. The van der Waals surface area contributed by atoms with Gasteiger partial charge in [-0.2, -0.15) is 0 Å². The molecule has 4 nitrogen and oxygen atoms in total. The zero-order valence-electron chi connectivity index (χ0n) is 35.8. The van der Waals surface area contributed by atoms with Gasteiger partial charge in [-0.15, -0.1) is 0 Å². The maximum atomic E-state index is 6.85. The zero-order valence-corrected chi connectivity index (χ0v) is 35.8. The molecule has 4 heteroatoms. The number of hydrogen-bond donors (Lipinski definition) is 0. The van der Waals surface area contributed by atoms with Crippen LogP contribution in [-0.4, -0.2) is 4.57 Å². The number of anilines is 3. The molecule has 13 aromatic rings. The van der Waals surface area contributed by atoms with Crippen molar-refractivity contribution in [2.45, 2.75) is 19.3 Å². The molecule has 0 saturated carbocycles. The van der Waals surface area contributed by atoms with Gasteiger partial charge >= 0.3 is 0 Å². The standard InChI is InChI=1S/C61H40N2O2/c1-61(2)47-22-8-5-20-44(47)58-48(61)23-13-26-52(58)63(54-28-12-21-43-42-19-7-10-29-55(42)65-60(43)54)53-27-14-30-57-59(53)46-36-39(32-34-56(46)64-57)38-31-33-51-45(35-38)41-18-6-9-24-50(41)62(51)49-25-11-16-37-15-3-4-17-40(37)49/h3-36H,1-2H3. The van der Waals surface area contributed by atoms with Gasteiger partial charge in [0, 0.05) is 43.3 Å². The average molecular weight is 833 g/mol. The van der Waals surface area contributed by atoms with Gasteiger partial charge in [0.2, 0.25) is 0 Å². The first kappa shape index (κ1) is 36.2. The average Bonchev–Trinajstić information content (AvgIpc) is 4.08. The Morgan fingerprint density at radius 2 is 1.03 bits per heavy atom. The van der Waals surface area contributed by atoms with E-state index in [1.807, 2.05) is 6.07 Å². The highest BCUT2D eigenvalue weighted by Crippen LogP contribution is 2.56. The van der Waals surface area contributed by atoms with E-state index in [9.17, 15) is 0 Å². The number of aromatic nitrogens is 1. The minimum absolute atomic E-state index is 0.176. The summed E-state index contributed by atoms with van der Waals surface area (Å²) in [6, 6.07) is 74.6. The Bertz CT molecular complexity index is 4120. The predicted octanol–water partition coefficient (Wildman–Crippen LogP) is 17.2. The largest absolute Gasteiger partial charge is 0.456 e. The molecule has 3 aromatic heterocycles. The van der Waals surface area contributed by atoms with E-state index in [4.69, 9.17) is 8.83 Å². The van der Waals surface area contributed by atoms with Gasteiger partial charge in [-0.05, 0) is 99.9 Å². The van der Waals surface area contributed by atoms with Crippen molar-refractivity contribution in [3.8, 4) is 27.9 Å². The van der Waals surface area contributed by atoms with Gasteiger partial charge in [0.05, 0.1) is 39.2 Å². The smallest absolute Gasteiger partial charge is 0.159 e. The van der Waals surface area contributed by atoms with Crippen LogP contribution in [0.2, 0.25) is 0 Å². The molecule has 65 heavy (non-hydrogen) atoms. The number of furan rings is 2. The summed E-state index contributed by atoms with van der Waals surface area (Å²) >= 11 is 0. The van der Waals surface area contributed by atoms with E-state index in [-0.39, 0.29) is 5.41 Å². The van der Waals surface area contributed by atoms with Crippen molar-refractivity contribution in [2.24, 2.45) is 0 Å². The van der Waals surface area contributed by atoms with Crippen molar-refractivity contribution in [1.82, 2.24) is 4.57 Å². The first-order chi connectivity index (χ1) is 32.0. The fourth-order valence-electron chi connectivity index (χ4n) is 11.2. The second-order valence-electron chi connectivity index (χ2n) is 18.0. The van der Waals surface area contributed by atoms with Gasteiger partial charge in [0.1, 0.15) is 16.7 Å². The molecule has 0 unspecified atom stereocenters. The normalized spacial score (nSPS) is 13.2. The summed E-state index contributed by atoms with van der Waals surface area (Å²) in [5.74, 6) is 0. The monoisotopic (exact) mass is 832 g/mol. The highest BCUT2D eigenvalue weighted by atomic mass is 16.3. The third-order valence-electron chi connectivity index (χ3n) is 14.2. The molecular weight excluding hydrogens is 793 g/mol. The molecule has 1 aliphatic rings. The predicted molar refractivity (Wildman–Crippen MR) is 271 cm³/mol. The summed E-state index contributed by atoms with van der Waals surface area (Å²) in [7, 11) is 0. The van der Waals surface area contributed by atoms with Gasteiger partial charge in [0.25, 0.3) is 0 Å². The Balaban J connectivity index is 1.01. The Morgan fingerprint density at radius 3 is 1.95 bits per heavy atom. The number of fused-ring (bicyclic) bond motifs is 13. The Morgan fingerprint density at radius 1 is 0.415 bits per heavy atom. The van der Waals surface area contributed by atoms with Crippen molar-refractivity contribution in [2.75, 3.05) is 4.90 Å². The van der Waals surface area contributed by atoms with E-state index in [1.165, 1.54) is 60.5 Å². The molecule has 0 N–H and O–H groups in total. The molecule has 0 amide bonds. The Hall–Kier alpha value is -8.34. The number of nitrogens with zero attached hydrogens (tertiary/aromatic N) is 2. The molecule has 1 aliphatic carbocycles. The Labute approximate surface area is 374 Å². The highest BCUT2D eigenvalue weighted by molar-refractivity contribution is 6.18. The molecule has 0 atom stereocenters. The molecule has 14 rings (SSSR count). The topological polar surface area (TPSA) is 34.5 Å². The van der Waals surface area contributed by atoms with Crippen LogP contribution in [0, 0.1) is 0 Å². The van der Waals surface area contributed by atoms with Crippen molar-refractivity contribution in [1.29, 1.82) is 0 Å². The molecule has 0 saturated heterocycles. The lowest BCUT2D eigenvalue weighted by molar-refractivity contribution is 0.660. The molecule has 0 aliphatic heterocycles. The van der Waals surface area contributed by atoms with E-state index >= 15 is 0 Å². The maximum Gasteiger partial charge on any atom is 0.159 e. The van der Waals surface area contributed by atoms with Crippen LogP contribution in [0.1, 0.15) is 25.0 Å². The molecule has 0 fully saturated rings. The van der Waals surface area contributed by atoms with Crippen LogP contribution in [0.15, 0.2) is 215 Å². The SMILES string of the molecule is CC1(C)c2ccccc2-c2c(N(c3cccc4c3oc3ccccc34)c3cccc4oc5ccc(-c6ccc7c(c6)c6ccccc6n7-c6cccc7ccccc67)cc5c34)cccc21. The van der Waals surface area contributed by atoms with Crippen LogP contribution < -0.4 is 4.90 Å². The van der Waals surface area contributed by atoms with Crippen molar-refractivity contribution >= 4 is 93.5 Å². The van der Waals surface area contributed by atoms with E-state index in [2.05, 4.69) is 224 Å². The number of hydrogen-bond acceptors (Lipinski definition) is 3. The van der Waals surface area contributed by atoms with Gasteiger partial charge < -0.3 is 18.3 Å². The summed E-state index contributed by atoms with van der Waals surface area (Å²) in [6.07, 6.45) is 0. The van der Waals surface area contributed by atoms with Crippen LogP contribution in [0.3, 0.4) is 0 Å². The van der Waals surface area contributed by atoms with Crippen LogP contribution in [0.5, 0.6) is 0 Å². The second-order valence-corrected chi connectivity index (χ2v) is 18.0. The minimum Gasteiger partial charge on any atom is -0.456 e. The number of benzene rings is 10. The molecule has 306 valence electrons. The Kier molecular flexibility index (Phi) is 7.42. The summed E-state index contributed by atoms with van der Waals surface area (Å²) in [5.41, 5.74) is 17.3. The first-order valence-corrected chi connectivity index (χ1v) is 22.4. The molecule has 0 bridgehead atoms. The van der Waals surface area contributed by atoms with Crippen LogP contribution in [-0.2, 0) is 5.41 Å². The van der Waals surface area contributed by atoms with Crippen molar-refractivity contribution < 1.29 is 8.83 Å². The lowest BCUT2D eigenvalue weighted by Crippen LogP contribution is -2.16. The lowest BCUT2D eigenvalue weighted by Gasteiger charge is -2.29. The third-order valence-corrected chi connectivity index (χ3v) is 14.2. The van der Waals surface area contributed by atoms with E-state index < -0.39 is 0 Å². The number of para-hydroxylation sites is 3. The zero-order chi connectivity index (χ0) is 43.0. The van der Waals surface area contributed by atoms with Gasteiger partial charge in [-0.3, -0.25) is 0 Å². The quantitative estimate of drug-likeness (QED) is 0.173. The van der Waals surface area contributed by atoms with Crippen molar-refractivity contribution in [3.63, 3.8) is 0 Å².